The van der Waals surface area contributed by atoms with E-state index in [0.717, 1.165) is 48.3 Å². The second-order valence-corrected chi connectivity index (χ2v) is 6.65. The summed E-state index contributed by atoms with van der Waals surface area (Å²) in [4.78, 5) is 8.81. The Morgan fingerprint density at radius 3 is 2.72 bits per heavy atom. The topological polar surface area (TPSA) is 69.8 Å². The number of rotatable bonds is 5. The van der Waals surface area contributed by atoms with Crippen LogP contribution in [-0.2, 0) is 19.7 Å². The molecule has 0 saturated carbocycles. The van der Waals surface area contributed by atoms with E-state index in [1.165, 1.54) is 5.69 Å². The molecule has 0 fully saturated rings. The second kappa shape index (κ2) is 8.46. The Kier molecular flexibility index (Phi) is 5.59. The molecule has 3 aromatic heterocycles. The van der Waals surface area contributed by atoms with Gasteiger partial charge in [0.15, 0.2) is 5.82 Å². The lowest BCUT2D eigenvalue weighted by Gasteiger charge is -2.13. The Morgan fingerprint density at radius 2 is 1.93 bits per heavy atom. The monoisotopic (exact) mass is 408 g/mol. The Labute approximate surface area is 174 Å². The van der Waals surface area contributed by atoms with Crippen molar-refractivity contribution in [2.24, 2.45) is 0 Å². The van der Waals surface area contributed by atoms with Gasteiger partial charge in [-0.15, -0.1) is 12.4 Å². The van der Waals surface area contributed by atoms with E-state index in [-0.39, 0.29) is 12.4 Å². The predicted molar refractivity (Wildman–Crippen MR) is 112 cm³/mol. The SMILES string of the molecule is Cl.c1ccc(COc2ccc(-n3ccnc3-c3cc4n(n3)CCNC4)cc2)nc1. The lowest BCUT2D eigenvalue weighted by molar-refractivity contribution is 0.301. The van der Waals surface area contributed by atoms with Crippen LogP contribution in [0.1, 0.15) is 11.4 Å². The zero-order valence-electron chi connectivity index (χ0n) is 15.7. The van der Waals surface area contributed by atoms with Gasteiger partial charge < -0.3 is 10.1 Å². The Hall–Kier alpha value is -3.16. The van der Waals surface area contributed by atoms with Crippen LogP contribution in [0.4, 0.5) is 0 Å². The van der Waals surface area contributed by atoms with Crippen LogP contribution in [-0.4, -0.2) is 30.9 Å². The van der Waals surface area contributed by atoms with Gasteiger partial charge in [0, 0.05) is 37.4 Å². The molecule has 1 aliphatic heterocycles. The molecule has 0 saturated heterocycles. The Bertz CT molecular complexity index is 1050. The summed E-state index contributed by atoms with van der Waals surface area (Å²) in [5, 5.41) is 8.09. The molecule has 0 radical (unpaired) electrons. The molecule has 148 valence electrons. The van der Waals surface area contributed by atoms with Gasteiger partial charge in [0.25, 0.3) is 0 Å². The molecule has 7 nitrogen and oxygen atoms in total. The lowest BCUT2D eigenvalue weighted by Crippen LogP contribution is -2.28. The summed E-state index contributed by atoms with van der Waals surface area (Å²) >= 11 is 0. The summed E-state index contributed by atoms with van der Waals surface area (Å²) in [7, 11) is 0. The van der Waals surface area contributed by atoms with Crippen molar-refractivity contribution in [2.75, 3.05) is 6.54 Å². The molecule has 29 heavy (non-hydrogen) atoms. The van der Waals surface area contributed by atoms with Crippen molar-refractivity contribution >= 4 is 12.4 Å². The normalized spacial score (nSPS) is 12.8. The van der Waals surface area contributed by atoms with Crippen LogP contribution in [0.2, 0.25) is 0 Å². The van der Waals surface area contributed by atoms with Crippen LogP contribution in [0, 0.1) is 0 Å². The molecule has 1 aromatic carbocycles. The number of pyridine rings is 1. The first-order valence-electron chi connectivity index (χ1n) is 9.31. The minimum absolute atomic E-state index is 0. The fourth-order valence-corrected chi connectivity index (χ4v) is 3.35. The van der Waals surface area contributed by atoms with E-state index < -0.39 is 0 Å². The standard InChI is InChI=1S/C21H20N6O.ClH/c1-2-8-23-16(3-1)15-28-19-6-4-17(5-7-19)26-11-10-24-21(26)20-13-18-14-22-9-12-27(18)25-20;/h1-8,10-11,13,22H,9,12,14-15H2;1H. The zero-order chi connectivity index (χ0) is 18.8. The summed E-state index contributed by atoms with van der Waals surface area (Å²) in [6.07, 6.45) is 5.53. The minimum atomic E-state index is 0. The highest BCUT2D eigenvalue weighted by Gasteiger charge is 2.16. The Morgan fingerprint density at radius 1 is 1.03 bits per heavy atom. The number of hydrogen-bond donors (Lipinski definition) is 1. The number of imidazole rings is 1. The molecule has 0 spiro atoms. The highest BCUT2D eigenvalue weighted by atomic mass is 35.5. The average Bonchev–Trinajstić information content (AvgIpc) is 3.40. The van der Waals surface area contributed by atoms with E-state index in [1.807, 2.05) is 53.2 Å². The smallest absolute Gasteiger partial charge is 0.165 e. The van der Waals surface area contributed by atoms with Crippen molar-refractivity contribution in [3.05, 3.63) is 78.5 Å². The van der Waals surface area contributed by atoms with Crippen molar-refractivity contribution in [1.29, 1.82) is 0 Å². The fourth-order valence-electron chi connectivity index (χ4n) is 3.35. The van der Waals surface area contributed by atoms with E-state index in [4.69, 9.17) is 9.84 Å². The molecule has 5 rings (SSSR count). The van der Waals surface area contributed by atoms with E-state index in [2.05, 4.69) is 26.0 Å². The van der Waals surface area contributed by atoms with Gasteiger partial charge in [0.05, 0.1) is 17.9 Å². The quantitative estimate of drug-likeness (QED) is 0.549. The van der Waals surface area contributed by atoms with Gasteiger partial charge >= 0.3 is 0 Å². The molecule has 0 unspecified atom stereocenters. The van der Waals surface area contributed by atoms with Gasteiger partial charge in [-0.3, -0.25) is 14.2 Å². The molecule has 8 heteroatoms. The van der Waals surface area contributed by atoms with Crippen molar-refractivity contribution < 1.29 is 4.74 Å². The first-order valence-corrected chi connectivity index (χ1v) is 9.31. The summed E-state index contributed by atoms with van der Waals surface area (Å²) in [5.41, 5.74) is 4.00. The first kappa shape index (κ1) is 19.2. The molecule has 0 aliphatic carbocycles. The second-order valence-electron chi connectivity index (χ2n) is 6.65. The molecule has 1 aliphatic rings. The third kappa shape index (κ3) is 4.01. The number of nitrogens with one attached hydrogen (secondary N) is 1. The summed E-state index contributed by atoms with van der Waals surface area (Å²) in [6, 6.07) is 15.9. The average molecular weight is 409 g/mol. The number of fused-ring (bicyclic) bond motifs is 1. The van der Waals surface area contributed by atoms with E-state index in [9.17, 15) is 0 Å². The van der Waals surface area contributed by atoms with Crippen LogP contribution < -0.4 is 10.1 Å². The van der Waals surface area contributed by atoms with Crippen LogP contribution in [0.3, 0.4) is 0 Å². The number of ether oxygens (including phenoxy) is 1. The fraction of sp³-hybridized carbons (Fsp3) is 0.190. The molecule has 1 N–H and O–H groups in total. The highest BCUT2D eigenvalue weighted by molar-refractivity contribution is 5.85. The molecular weight excluding hydrogens is 388 g/mol. The molecule has 0 bridgehead atoms. The van der Waals surface area contributed by atoms with Crippen molar-refractivity contribution in [3.8, 4) is 23.0 Å². The summed E-state index contributed by atoms with van der Waals surface area (Å²) < 4.78 is 9.93. The largest absolute Gasteiger partial charge is 0.487 e. The lowest BCUT2D eigenvalue weighted by atomic mass is 10.2. The molecule has 4 aromatic rings. The van der Waals surface area contributed by atoms with Gasteiger partial charge in [-0.25, -0.2) is 4.98 Å². The number of hydrogen-bond acceptors (Lipinski definition) is 5. The molecule has 0 atom stereocenters. The van der Waals surface area contributed by atoms with Gasteiger partial charge in [-0.2, -0.15) is 5.10 Å². The first-order chi connectivity index (χ1) is 13.9. The number of benzene rings is 1. The zero-order valence-corrected chi connectivity index (χ0v) is 16.5. The maximum atomic E-state index is 5.82. The highest BCUT2D eigenvalue weighted by Crippen LogP contribution is 2.24. The Balaban J connectivity index is 0.00000205. The number of halogens is 1. The molecule has 0 amide bonds. The van der Waals surface area contributed by atoms with Crippen molar-refractivity contribution in [3.63, 3.8) is 0 Å². The van der Waals surface area contributed by atoms with Gasteiger partial charge in [0.2, 0.25) is 0 Å². The third-order valence-electron chi connectivity index (χ3n) is 4.77. The maximum Gasteiger partial charge on any atom is 0.165 e. The molecular formula is C21H21ClN6O. The van der Waals surface area contributed by atoms with Crippen LogP contribution >= 0.6 is 12.4 Å². The third-order valence-corrected chi connectivity index (χ3v) is 4.77. The van der Waals surface area contributed by atoms with Crippen LogP contribution in [0.25, 0.3) is 17.2 Å². The van der Waals surface area contributed by atoms with Gasteiger partial charge in [-0.05, 0) is 42.5 Å². The van der Waals surface area contributed by atoms with E-state index in [0.29, 0.717) is 6.61 Å². The van der Waals surface area contributed by atoms with E-state index >= 15 is 0 Å². The van der Waals surface area contributed by atoms with Crippen LogP contribution in [0.5, 0.6) is 5.75 Å². The predicted octanol–water partition coefficient (Wildman–Crippen LogP) is 3.23. The van der Waals surface area contributed by atoms with Crippen molar-refractivity contribution in [2.45, 2.75) is 19.7 Å². The molecule has 4 heterocycles. The summed E-state index contributed by atoms with van der Waals surface area (Å²) in [5.74, 6) is 1.64. The minimum Gasteiger partial charge on any atom is -0.487 e. The number of nitrogens with zero attached hydrogens (tertiary/aromatic N) is 5. The maximum absolute atomic E-state index is 5.82. The van der Waals surface area contributed by atoms with Crippen LogP contribution in [0.15, 0.2) is 67.1 Å². The van der Waals surface area contributed by atoms with Crippen molar-refractivity contribution in [1.82, 2.24) is 29.6 Å². The number of aromatic nitrogens is 5. The van der Waals surface area contributed by atoms with Gasteiger partial charge in [0.1, 0.15) is 18.1 Å². The van der Waals surface area contributed by atoms with E-state index in [1.54, 1.807) is 12.4 Å². The van der Waals surface area contributed by atoms with Gasteiger partial charge in [-0.1, -0.05) is 6.07 Å². The summed E-state index contributed by atoms with van der Waals surface area (Å²) in [6.45, 7) is 3.13.